The van der Waals surface area contributed by atoms with E-state index in [4.69, 9.17) is 16.0 Å². The molecule has 5 nitrogen and oxygen atoms in total. The molecule has 0 rings (SSSR count). The van der Waals surface area contributed by atoms with Crippen molar-refractivity contribution < 1.29 is 10.3 Å². The van der Waals surface area contributed by atoms with Gasteiger partial charge >= 0.3 is 0 Å². The highest BCUT2D eigenvalue weighted by molar-refractivity contribution is 5.85. The van der Waals surface area contributed by atoms with E-state index in [0.717, 1.165) is 32.2 Å². The fourth-order valence-corrected chi connectivity index (χ4v) is 2.05. The lowest BCUT2D eigenvalue weighted by molar-refractivity contribution is 0.243. The van der Waals surface area contributed by atoms with Gasteiger partial charge in [0.1, 0.15) is 5.84 Å². The van der Waals surface area contributed by atoms with Crippen LogP contribution in [0.1, 0.15) is 53.4 Å². The van der Waals surface area contributed by atoms with Crippen molar-refractivity contribution in [2.24, 2.45) is 22.2 Å². The van der Waals surface area contributed by atoms with Gasteiger partial charge in [0.2, 0.25) is 0 Å². The van der Waals surface area contributed by atoms with Crippen molar-refractivity contribution in [1.82, 2.24) is 5.32 Å². The van der Waals surface area contributed by atoms with E-state index >= 15 is 0 Å². The average molecular weight is 273 g/mol. The van der Waals surface area contributed by atoms with Crippen LogP contribution in [0.2, 0.25) is 0 Å². The maximum Gasteiger partial charge on any atom is 0.144 e. The Hall–Kier alpha value is -0.810. The monoisotopic (exact) mass is 273 g/mol. The molecule has 0 aromatic carbocycles. The summed E-state index contributed by atoms with van der Waals surface area (Å²) in [5.41, 5.74) is 5.40. The Morgan fingerprint density at radius 1 is 1.32 bits per heavy atom. The number of hydrogen-bond acceptors (Lipinski definition) is 4. The molecule has 0 aromatic rings. The van der Waals surface area contributed by atoms with Crippen molar-refractivity contribution in [3.63, 3.8) is 0 Å². The molecule has 0 saturated heterocycles. The summed E-state index contributed by atoms with van der Waals surface area (Å²) in [6, 6.07) is 0.377. The quantitative estimate of drug-likeness (QED) is 0.161. The van der Waals surface area contributed by atoms with Crippen LogP contribution >= 0.6 is 0 Å². The highest BCUT2D eigenvalue weighted by Crippen LogP contribution is 2.23. The van der Waals surface area contributed by atoms with Crippen molar-refractivity contribution in [3.8, 4) is 0 Å². The van der Waals surface area contributed by atoms with E-state index in [-0.39, 0.29) is 12.0 Å². The van der Waals surface area contributed by atoms with Crippen LogP contribution in [0.25, 0.3) is 0 Å². The van der Waals surface area contributed by atoms with Crippen LogP contribution < -0.4 is 11.1 Å². The molecule has 5 heteroatoms. The van der Waals surface area contributed by atoms with Crippen LogP contribution in [0.3, 0.4) is 0 Å². The van der Waals surface area contributed by atoms with E-state index in [9.17, 15) is 0 Å². The first kappa shape index (κ1) is 18.2. The Morgan fingerprint density at radius 3 is 2.42 bits per heavy atom. The third-order valence-electron chi connectivity index (χ3n) is 3.68. The third-order valence-corrected chi connectivity index (χ3v) is 3.68. The zero-order valence-electron chi connectivity index (χ0n) is 12.8. The molecule has 1 unspecified atom stereocenters. The summed E-state index contributed by atoms with van der Waals surface area (Å²) in [7, 11) is 0. The van der Waals surface area contributed by atoms with Gasteiger partial charge in [-0.1, -0.05) is 39.3 Å². The van der Waals surface area contributed by atoms with Gasteiger partial charge in [0, 0.05) is 18.1 Å². The van der Waals surface area contributed by atoms with E-state index in [1.807, 2.05) is 13.8 Å². The second-order valence-corrected chi connectivity index (χ2v) is 6.14. The normalized spacial score (nSPS) is 14.9. The summed E-state index contributed by atoms with van der Waals surface area (Å²) < 4.78 is 0. The lowest BCUT2D eigenvalue weighted by atomic mass is 9.86. The number of hydrogen-bond donors (Lipinski definition) is 4. The van der Waals surface area contributed by atoms with Crippen LogP contribution in [-0.2, 0) is 0 Å². The number of rotatable bonds is 10. The summed E-state index contributed by atoms with van der Waals surface area (Å²) in [6.45, 7) is 9.46. The van der Waals surface area contributed by atoms with Gasteiger partial charge in [-0.05, 0) is 31.7 Å². The number of nitrogens with two attached hydrogens (primary N) is 1. The lowest BCUT2D eigenvalue weighted by Crippen LogP contribution is -2.35. The molecule has 0 heterocycles. The average Bonchev–Trinajstić information content (AvgIpc) is 2.35. The smallest absolute Gasteiger partial charge is 0.144 e. The summed E-state index contributed by atoms with van der Waals surface area (Å²) in [5.74, 6) is 0.821. The molecule has 19 heavy (non-hydrogen) atoms. The lowest BCUT2D eigenvalue weighted by Gasteiger charge is -2.24. The molecule has 114 valence electrons. The molecule has 0 bridgehead atoms. The molecule has 1 atom stereocenters. The number of unbranched alkanes of at least 4 members (excludes halogenated alkanes) is 1. The fourth-order valence-electron chi connectivity index (χ4n) is 2.05. The molecule has 0 saturated carbocycles. The number of amidine groups is 1. The van der Waals surface area contributed by atoms with Crippen molar-refractivity contribution in [1.29, 1.82) is 0 Å². The van der Waals surface area contributed by atoms with E-state index in [0.29, 0.717) is 17.8 Å². The first-order valence-electron chi connectivity index (χ1n) is 7.17. The number of oxime groups is 1. The Labute approximate surface area is 117 Å². The molecule has 0 amide bonds. The van der Waals surface area contributed by atoms with Crippen LogP contribution in [0.15, 0.2) is 5.16 Å². The standard InChI is InChI=1S/C14H31N3O2/c1-11(2)12(7-10-18)16-9-6-5-8-14(3,4)13(15)17-19/h11-12,16,18-19H,5-10H2,1-4H3,(H2,15,17). The predicted octanol–water partition coefficient (Wildman–Crippen LogP) is 1.93. The second kappa shape index (κ2) is 9.15. The van der Waals surface area contributed by atoms with Gasteiger partial charge in [-0.2, -0.15) is 0 Å². The molecule has 0 aromatic heterocycles. The molecular formula is C14H31N3O2. The number of aliphatic hydroxyl groups excluding tert-OH is 1. The molecular weight excluding hydrogens is 242 g/mol. The number of nitrogens with zero attached hydrogens (tertiary/aromatic N) is 1. The van der Waals surface area contributed by atoms with E-state index in [1.165, 1.54) is 0 Å². The fraction of sp³-hybridized carbons (Fsp3) is 0.929. The van der Waals surface area contributed by atoms with Gasteiger partial charge in [0.05, 0.1) is 0 Å². The maximum atomic E-state index is 8.99. The Morgan fingerprint density at radius 2 is 1.95 bits per heavy atom. The molecule has 0 fully saturated rings. The zero-order chi connectivity index (χ0) is 14.9. The minimum Gasteiger partial charge on any atom is -0.409 e. The highest BCUT2D eigenvalue weighted by atomic mass is 16.4. The Bertz CT molecular complexity index is 265. The molecule has 0 aliphatic heterocycles. The first-order valence-corrected chi connectivity index (χ1v) is 7.17. The molecule has 0 aliphatic carbocycles. The van der Waals surface area contributed by atoms with Gasteiger partial charge in [-0.25, -0.2) is 0 Å². The Kier molecular flexibility index (Phi) is 8.76. The minimum absolute atomic E-state index is 0.229. The maximum absolute atomic E-state index is 8.99. The van der Waals surface area contributed by atoms with Gasteiger partial charge < -0.3 is 21.4 Å². The van der Waals surface area contributed by atoms with Crippen molar-refractivity contribution >= 4 is 5.84 Å². The minimum atomic E-state index is -0.253. The van der Waals surface area contributed by atoms with Crippen molar-refractivity contribution in [2.45, 2.75) is 59.4 Å². The molecule has 0 spiro atoms. The summed E-state index contributed by atoms with van der Waals surface area (Å²) in [4.78, 5) is 0. The van der Waals surface area contributed by atoms with E-state index in [2.05, 4.69) is 24.3 Å². The summed E-state index contributed by atoms with van der Waals surface area (Å²) in [5, 5.41) is 24.2. The topological polar surface area (TPSA) is 90.9 Å². The zero-order valence-corrected chi connectivity index (χ0v) is 12.8. The van der Waals surface area contributed by atoms with E-state index in [1.54, 1.807) is 0 Å². The second-order valence-electron chi connectivity index (χ2n) is 6.14. The first-order chi connectivity index (χ1) is 8.85. The SMILES string of the molecule is CC(C)C(CCO)NCCCCC(C)(C)C(N)=NO. The summed E-state index contributed by atoms with van der Waals surface area (Å²) in [6.07, 6.45) is 3.78. The summed E-state index contributed by atoms with van der Waals surface area (Å²) >= 11 is 0. The van der Waals surface area contributed by atoms with Crippen LogP contribution in [0.5, 0.6) is 0 Å². The molecule has 0 aliphatic rings. The van der Waals surface area contributed by atoms with Crippen LogP contribution in [0, 0.1) is 11.3 Å². The number of nitrogens with one attached hydrogen (secondary N) is 1. The van der Waals surface area contributed by atoms with Gasteiger partial charge in [-0.3, -0.25) is 0 Å². The highest BCUT2D eigenvalue weighted by Gasteiger charge is 2.22. The third kappa shape index (κ3) is 7.38. The molecule has 0 radical (unpaired) electrons. The van der Waals surface area contributed by atoms with Crippen LogP contribution in [0.4, 0.5) is 0 Å². The van der Waals surface area contributed by atoms with E-state index < -0.39 is 0 Å². The number of aliphatic hydroxyl groups is 1. The molecule has 5 N–H and O–H groups in total. The van der Waals surface area contributed by atoms with Crippen molar-refractivity contribution in [2.75, 3.05) is 13.2 Å². The van der Waals surface area contributed by atoms with Gasteiger partial charge in [0.25, 0.3) is 0 Å². The van der Waals surface area contributed by atoms with Crippen molar-refractivity contribution in [3.05, 3.63) is 0 Å². The van der Waals surface area contributed by atoms with Gasteiger partial charge in [0.15, 0.2) is 0 Å². The largest absolute Gasteiger partial charge is 0.409 e. The predicted molar refractivity (Wildman–Crippen MR) is 79.4 cm³/mol. The van der Waals surface area contributed by atoms with Gasteiger partial charge in [-0.15, -0.1) is 0 Å². The Balaban J connectivity index is 3.86. The van der Waals surface area contributed by atoms with Crippen LogP contribution in [-0.4, -0.2) is 35.3 Å².